The molecule has 0 aromatic heterocycles. The van der Waals surface area contributed by atoms with Crippen LogP contribution in [-0.2, 0) is 4.79 Å². The van der Waals surface area contributed by atoms with Crippen molar-refractivity contribution in [3.05, 3.63) is 29.8 Å². The summed E-state index contributed by atoms with van der Waals surface area (Å²) in [5, 5.41) is 17.8. The number of hydrogen-bond acceptors (Lipinski definition) is 3. The number of rotatable bonds is 4. The first-order valence-electron chi connectivity index (χ1n) is 5.11. The van der Waals surface area contributed by atoms with Crippen molar-refractivity contribution < 1.29 is 14.6 Å². The molecule has 4 heteroatoms. The Hall–Kier alpha value is -2.02. The molecule has 1 atom stereocenters. The molecule has 0 saturated heterocycles. The van der Waals surface area contributed by atoms with E-state index in [-0.39, 0.29) is 5.92 Å². The second kappa shape index (κ2) is 4.23. The second-order valence-corrected chi connectivity index (χ2v) is 3.82. The van der Waals surface area contributed by atoms with Crippen molar-refractivity contribution in [1.82, 2.24) is 0 Å². The Balaban J connectivity index is 2.18. The van der Waals surface area contributed by atoms with Crippen molar-refractivity contribution in [3.8, 4) is 11.8 Å². The quantitative estimate of drug-likeness (QED) is 0.834. The van der Waals surface area contributed by atoms with Gasteiger partial charge in [-0.2, -0.15) is 5.26 Å². The van der Waals surface area contributed by atoms with Crippen molar-refractivity contribution in [2.45, 2.75) is 18.9 Å². The van der Waals surface area contributed by atoms with E-state index in [1.165, 1.54) is 0 Å². The van der Waals surface area contributed by atoms with E-state index in [1.54, 1.807) is 24.3 Å². The monoisotopic (exact) mass is 217 g/mol. The van der Waals surface area contributed by atoms with Crippen LogP contribution in [0, 0.1) is 17.2 Å². The van der Waals surface area contributed by atoms with Gasteiger partial charge in [-0.05, 0) is 25.0 Å². The average Bonchev–Trinajstić information content (AvgIpc) is 3.10. The number of benzene rings is 1. The van der Waals surface area contributed by atoms with Gasteiger partial charge in [0.05, 0.1) is 5.56 Å². The van der Waals surface area contributed by atoms with E-state index in [1.807, 2.05) is 6.07 Å². The molecule has 1 aromatic rings. The molecule has 1 N–H and O–H groups in total. The molecule has 0 radical (unpaired) electrons. The molecule has 1 saturated carbocycles. The van der Waals surface area contributed by atoms with Crippen LogP contribution in [-0.4, -0.2) is 17.2 Å². The third kappa shape index (κ3) is 2.14. The molecule has 0 amide bonds. The predicted octanol–water partition coefficient (Wildman–Crippen LogP) is 1.80. The van der Waals surface area contributed by atoms with Crippen LogP contribution >= 0.6 is 0 Å². The topological polar surface area (TPSA) is 70.3 Å². The van der Waals surface area contributed by atoms with Gasteiger partial charge < -0.3 is 9.84 Å². The zero-order chi connectivity index (χ0) is 11.5. The summed E-state index contributed by atoms with van der Waals surface area (Å²) in [6.45, 7) is 0. The fraction of sp³-hybridized carbons (Fsp3) is 0.333. The summed E-state index contributed by atoms with van der Waals surface area (Å²) in [4.78, 5) is 11.0. The SMILES string of the molecule is N#Cc1ccccc1OC(C(=O)O)C1CC1. The lowest BCUT2D eigenvalue weighted by Crippen LogP contribution is -2.29. The maximum atomic E-state index is 11.0. The molecular weight excluding hydrogens is 206 g/mol. The number of nitrogens with zero attached hydrogens (tertiary/aromatic N) is 1. The Morgan fingerprint density at radius 3 is 2.75 bits per heavy atom. The first-order chi connectivity index (χ1) is 7.72. The molecule has 1 aliphatic carbocycles. The maximum absolute atomic E-state index is 11.0. The summed E-state index contributed by atoms with van der Waals surface area (Å²) >= 11 is 0. The van der Waals surface area contributed by atoms with Gasteiger partial charge in [0.25, 0.3) is 0 Å². The van der Waals surface area contributed by atoms with Crippen molar-refractivity contribution >= 4 is 5.97 Å². The van der Waals surface area contributed by atoms with Gasteiger partial charge in [0.15, 0.2) is 6.10 Å². The maximum Gasteiger partial charge on any atom is 0.345 e. The lowest BCUT2D eigenvalue weighted by atomic mass is 10.2. The molecule has 0 aliphatic heterocycles. The zero-order valence-corrected chi connectivity index (χ0v) is 8.59. The molecule has 2 rings (SSSR count). The third-order valence-corrected chi connectivity index (χ3v) is 2.56. The van der Waals surface area contributed by atoms with E-state index >= 15 is 0 Å². The summed E-state index contributed by atoms with van der Waals surface area (Å²) in [5.41, 5.74) is 0.370. The summed E-state index contributed by atoms with van der Waals surface area (Å²) in [6.07, 6.45) is 0.937. The van der Waals surface area contributed by atoms with Crippen LogP contribution in [0.15, 0.2) is 24.3 Å². The molecule has 1 aliphatic rings. The summed E-state index contributed by atoms with van der Waals surface area (Å²) in [7, 11) is 0. The molecule has 1 unspecified atom stereocenters. The van der Waals surface area contributed by atoms with Gasteiger partial charge in [-0.1, -0.05) is 12.1 Å². The van der Waals surface area contributed by atoms with E-state index in [9.17, 15) is 4.79 Å². The molecule has 1 fully saturated rings. The van der Waals surface area contributed by atoms with Crippen LogP contribution in [0.3, 0.4) is 0 Å². The van der Waals surface area contributed by atoms with Crippen LogP contribution in [0.4, 0.5) is 0 Å². The van der Waals surface area contributed by atoms with Gasteiger partial charge in [0, 0.05) is 5.92 Å². The number of nitriles is 1. The minimum absolute atomic E-state index is 0.0873. The average molecular weight is 217 g/mol. The van der Waals surface area contributed by atoms with Gasteiger partial charge in [-0.15, -0.1) is 0 Å². The number of carboxylic acids is 1. The molecule has 4 nitrogen and oxygen atoms in total. The first kappa shape index (κ1) is 10.5. The molecule has 82 valence electrons. The summed E-state index contributed by atoms with van der Waals surface area (Å²) < 4.78 is 5.40. The highest BCUT2D eigenvalue weighted by Crippen LogP contribution is 2.35. The third-order valence-electron chi connectivity index (χ3n) is 2.56. The fourth-order valence-electron chi connectivity index (χ4n) is 1.55. The first-order valence-corrected chi connectivity index (χ1v) is 5.11. The number of ether oxygens (including phenoxy) is 1. The predicted molar refractivity (Wildman–Crippen MR) is 55.9 cm³/mol. The minimum Gasteiger partial charge on any atom is -0.478 e. The van der Waals surface area contributed by atoms with Crippen molar-refractivity contribution in [2.24, 2.45) is 5.92 Å². The van der Waals surface area contributed by atoms with Crippen molar-refractivity contribution in [1.29, 1.82) is 5.26 Å². The zero-order valence-electron chi connectivity index (χ0n) is 8.59. The van der Waals surface area contributed by atoms with Gasteiger partial charge in [-0.25, -0.2) is 4.79 Å². The Morgan fingerprint density at radius 2 is 2.19 bits per heavy atom. The van der Waals surface area contributed by atoms with Crippen molar-refractivity contribution in [3.63, 3.8) is 0 Å². The van der Waals surface area contributed by atoms with Gasteiger partial charge in [0.1, 0.15) is 11.8 Å². The highest BCUT2D eigenvalue weighted by atomic mass is 16.5. The second-order valence-electron chi connectivity index (χ2n) is 3.82. The highest BCUT2D eigenvalue weighted by molar-refractivity contribution is 5.73. The number of aliphatic carboxylic acids is 1. The summed E-state index contributed by atoms with van der Waals surface area (Å²) in [5.74, 6) is -0.524. The van der Waals surface area contributed by atoms with Crippen LogP contribution < -0.4 is 4.74 Å². The molecular formula is C12H11NO3. The van der Waals surface area contributed by atoms with Crippen molar-refractivity contribution in [2.75, 3.05) is 0 Å². The number of hydrogen-bond donors (Lipinski definition) is 1. The Morgan fingerprint density at radius 1 is 1.50 bits per heavy atom. The molecule has 0 heterocycles. The molecule has 16 heavy (non-hydrogen) atoms. The Bertz CT molecular complexity index is 446. The molecule has 0 spiro atoms. The normalized spacial score (nSPS) is 16.2. The van der Waals surface area contributed by atoms with Crippen LogP contribution in [0.25, 0.3) is 0 Å². The van der Waals surface area contributed by atoms with Gasteiger partial charge >= 0.3 is 5.97 Å². The fourth-order valence-corrected chi connectivity index (χ4v) is 1.55. The summed E-state index contributed by atoms with van der Waals surface area (Å²) in [6, 6.07) is 8.66. The van der Waals surface area contributed by atoms with Crippen LogP contribution in [0.2, 0.25) is 0 Å². The van der Waals surface area contributed by atoms with Gasteiger partial charge in [0.2, 0.25) is 0 Å². The largest absolute Gasteiger partial charge is 0.478 e. The van der Waals surface area contributed by atoms with E-state index in [2.05, 4.69) is 0 Å². The number of carboxylic acid groups (broad SMARTS) is 1. The minimum atomic E-state index is -0.963. The van der Waals surface area contributed by atoms with Crippen LogP contribution in [0.1, 0.15) is 18.4 Å². The van der Waals surface area contributed by atoms with Crippen LogP contribution in [0.5, 0.6) is 5.75 Å². The van der Waals surface area contributed by atoms with E-state index < -0.39 is 12.1 Å². The lowest BCUT2D eigenvalue weighted by Gasteiger charge is -2.14. The lowest BCUT2D eigenvalue weighted by molar-refractivity contribution is -0.146. The standard InChI is InChI=1S/C12H11NO3/c13-7-9-3-1-2-4-10(9)16-11(12(14)15)8-5-6-8/h1-4,8,11H,5-6H2,(H,14,15). The number of carbonyl (C=O) groups is 1. The smallest absolute Gasteiger partial charge is 0.345 e. The van der Waals surface area contributed by atoms with Gasteiger partial charge in [-0.3, -0.25) is 0 Å². The molecule has 1 aromatic carbocycles. The highest BCUT2D eigenvalue weighted by Gasteiger charge is 2.38. The Kier molecular flexibility index (Phi) is 2.78. The Labute approximate surface area is 93.1 Å². The van der Waals surface area contributed by atoms with E-state index in [0.717, 1.165) is 12.8 Å². The van der Waals surface area contributed by atoms with E-state index in [0.29, 0.717) is 11.3 Å². The molecule has 0 bridgehead atoms. The van der Waals surface area contributed by atoms with E-state index in [4.69, 9.17) is 15.1 Å². The number of para-hydroxylation sites is 1.